The lowest BCUT2D eigenvalue weighted by molar-refractivity contribution is 0.286. The maximum absolute atomic E-state index is 5.92. The van der Waals surface area contributed by atoms with Crippen LogP contribution in [0.2, 0.25) is 0 Å². The summed E-state index contributed by atoms with van der Waals surface area (Å²) in [5.41, 5.74) is 1.50. The quantitative estimate of drug-likeness (QED) is 0.617. The van der Waals surface area contributed by atoms with Crippen molar-refractivity contribution in [2.45, 2.75) is 37.9 Å². The van der Waals surface area contributed by atoms with Crippen LogP contribution in [0.3, 0.4) is 0 Å². The lowest BCUT2D eigenvalue weighted by Crippen LogP contribution is -2.21. The molecular weight excluding hydrogens is 172 g/mol. The summed E-state index contributed by atoms with van der Waals surface area (Å²) < 4.78 is 5.92. The number of hydrogen-bond acceptors (Lipinski definition) is 1. The van der Waals surface area contributed by atoms with Gasteiger partial charge in [-0.15, -0.1) is 0 Å². The minimum atomic E-state index is 0.119. The third-order valence-electron chi connectivity index (χ3n) is 3.70. The Bertz CT molecular complexity index is 332. The van der Waals surface area contributed by atoms with Gasteiger partial charge in [0.25, 0.3) is 0 Å². The van der Waals surface area contributed by atoms with Crippen LogP contribution in [-0.4, -0.2) is 6.10 Å². The van der Waals surface area contributed by atoms with Gasteiger partial charge in [-0.3, -0.25) is 0 Å². The Hall–Kier alpha value is -0.820. The summed E-state index contributed by atoms with van der Waals surface area (Å²) >= 11 is 0. The Labute approximate surface area is 85.1 Å². The second-order valence-electron chi connectivity index (χ2n) is 4.74. The van der Waals surface area contributed by atoms with Gasteiger partial charge in [0.05, 0.1) is 6.10 Å². The van der Waals surface area contributed by atoms with Crippen molar-refractivity contribution in [3.63, 3.8) is 0 Å². The van der Waals surface area contributed by atoms with Crippen LogP contribution in [-0.2, 0) is 10.3 Å². The zero-order chi connectivity index (χ0) is 9.60. The molecule has 1 nitrogen and oxygen atoms in total. The summed E-state index contributed by atoms with van der Waals surface area (Å²) in [5.74, 6) is 0.847. The molecule has 74 valence electrons. The van der Waals surface area contributed by atoms with Gasteiger partial charge < -0.3 is 4.74 Å². The Morgan fingerprint density at radius 2 is 2.07 bits per heavy atom. The molecule has 1 saturated carbocycles. The van der Waals surface area contributed by atoms with Gasteiger partial charge in [-0.1, -0.05) is 37.3 Å². The Balaban J connectivity index is 1.88. The van der Waals surface area contributed by atoms with E-state index in [1.54, 1.807) is 0 Å². The van der Waals surface area contributed by atoms with E-state index in [2.05, 4.69) is 37.3 Å². The molecule has 1 aliphatic heterocycles. The molecule has 0 N–H and O–H groups in total. The third kappa shape index (κ3) is 1.12. The fraction of sp³-hybridized carbons (Fsp3) is 0.538. The fourth-order valence-corrected chi connectivity index (χ4v) is 2.74. The van der Waals surface area contributed by atoms with Gasteiger partial charge in [0.15, 0.2) is 0 Å². The first-order valence-electron chi connectivity index (χ1n) is 5.54. The Morgan fingerprint density at radius 1 is 1.29 bits per heavy atom. The van der Waals surface area contributed by atoms with Gasteiger partial charge in [0.2, 0.25) is 0 Å². The predicted octanol–water partition coefficient (Wildman–Crippen LogP) is 3.10. The lowest BCUT2D eigenvalue weighted by atomic mass is 9.79. The van der Waals surface area contributed by atoms with Gasteiger partial charge in [0.1, 0.15) is 5.60 Å². The van der Waals surface area contributed by atoms with Crippen molar-refractivity contribution in [3.8, 4) is 0 Å². The highest BCUT2D eigenvalue weighted by Gasteiger charge is 2.59. The molecule has 1 aromatic carbocycles. The van der Waals surface area contributed by atoms with Crippen LogP contribution in [0.5, 0.6) is 0 Å². The van der Waals surface area contributed by atoms with E-state index in [0.717, 1.165) is 5.92 Å². The third-order valence-corrected chi connectivity index (χ3v) is 3.70. The van der Waals surface area contributed by atoms with Crippen LogP contribution >= 0.6 is 0 Å². The van der Waals surface area contributed by atoms with E-state index in [0.29, 0.717) is 6.10 Å². The van der Waals surface area contributed by atoms with Crippen molar-refractivity contribution in [3.05, 3.63) is 35.9 Å². The van der Waals surface area contributed by atoms with Crippen molar-refractivity contribution in [2.24, 2.45) is 5.92 Å². The molecular formula is C13H16O. The molecule has 1 heterocycles. The highest BCUT2D eigenvalue weighted by molar-refractivity contribution is 5.30. The number of benzene rings is 1. The summed E-state index contributed by atoms with van der Waals surface area (Å²) in [6.07, 6.45) is 4.28. The SMILES string of the molecule is C[C@@H]1CC[C@@]2(c3ccccc3)O[C@@H]2C1. The molecule has 1 aromatic rings. The zero-order valence-corrected chi connectivity index (χ0v) is 8.57. The summed E-state index contributed by atoms with van der Waals surface area (Å²) in [6.45, 7) is 2.33. The normalized spacial score (nSPS) is 40.4. The smallest absolute Gasteiger partial charge is 0.120 e. The minimum absolute atomic E-state index is 0.119. The van der Waals surface area contributed by atoms with Crippen LogP contribution in [0.25, 0.3) is 0 Å². The van der Waals surface area contributed by atoms with Crippen LogP contribution in [0, 0.1) is 5.92 Å². The molecule has 0 bridgehead atoms. The molecule has 3 rings (SSSR count). The molecule has 0 spiro atoms. The molecule has 2 fully saturated rings. The van der Waals surface area contributed by atoms with Crippen molar-refractivity contribution >= 4 is 0 Å². The molecule has 0 unspecified atom stereocenters. The average molecular weight is 188 g/mol. The standard InChI is InChI=1S/C13H16O/c1-10-7-8-13(12(9-10)14-13)11-5-3-2-4-6-11/h2-6,10,12H,7-9H2,1H3/t10-,12-,13+/m1/s1. The number of hydrogen-bond donors (Lipinski definition) is 0. The van der Waals surface area contributed by atoms with Gasteiger partial charge in [-0.25, -0.2) is 0 Å². The van der Waals surface area contributed by atoms with Crippen LogP contribution in [0.1, 0.15) is 31.7 Å². The molecule has 1 heteroatoms. The zero-order valence-electron chi connectivity index (χ0n) is 8.57. The van der Waals surface area contributed by atoms with Crippen LogP contribution < -0.4 is 0 Å². The topological polar surface area (TPSA) is 12.5 Å². The van der Waals surface area contributed by atoms with E-state index in [1.807, 2.05) is 0 Å². The average Bonchev–Trinajstić information content (AvgIpc) is 2.94. The molecule has 2 aliphatic rings. The van der Waals surface area contributed by atoms with Gasteiger partial charge in [0, 0.05) is 0 Å². The minimum Gasteiger partial charge on any atom is -0.361 e. The second kappa shape index (κ2) is 2.83. The lowest BCUT2D eigenvalue weighted by Gasteiger charge is -2.21. The first-order chi connectivity index (χ1) is 6.81. The molecule has 0 amide bonds. The maximum Gasteiger partial charge on any atom is 0.120 e. The largest absolute Gasteiger partial charge is 0.361 e. The Kier molecular flexibility index (Phi) is 1.72. The number of epoxide rings is 1. The van der Waals surface area contributed by atoms with Gasteiger partial charge >= 0.3 is 0 Å². The monoisotopic (exact) mass is 188 g/mol. The van der Waals surface area contributed by atoms with Gasteiger partial charge in [-0.2, -0.15) is 0 Å². The number of fused-ring (bicyclic) bond motifs is 1. The molecule has 1 saturated heterocycles. The molecule has 0 aromatic heterocycles. The van der Waals surface area contributed by atoms with E-state index in [-0.39, 0.29) is 5.60 Å². The van der Waals surface area contributed by atoms with E-state index in [1.165, 1.54) is 24.8 Å². The molecule has 1 aliphatic carbocycles. The second-order valence-corrected chi connectivity index (χ2v) is 4.74. The van der Waals surface area contributed by atoms with Crippen molar-refractivity contribution < 1.29 is 4.74 Å². The fourth-order valence-electron chi connectivity index (χ4n) is 2.74. The summed E-state index contributed by atoms with van der Waals surface area (Å²) in [7, 11) is 0. The van der Waals surface area contributed by atoms with E-state index in [9.17, 15) is 0 Å². The van der Waals surface area contributed by atoms with Crippen molar-refractivity contribution in [1.82, 2.24) is 0 Å². The summed E-state index contributed by atoms with van der Waals surface area (Å²) in [5, 5.41) is 0. The molecule has 14 heavy (non-hydrogen) atoms. The van der Waals surface area contributed by atoms with Crippen LogP contribution in [0.15, 0.2) is 30.3 Å². The van der Waals surface area contributed by atoms with E-state index < -0.39 is 0 Å². The Morgan fingerprint density at radius 3 is 2.79 bits per heavy atom. The molecule has 3 atom stereocenters. The summed E-state index contributed by atoms with van der Waals surface area (Å²) in [6, 6.07) is 10.7. The highest BCUT2D eigenvalue weighted by atomic mass is 16.6. The van der Waals surface area contributed by atoms with Crippen molar-refractivity contribution in [1.29, 1.82) is 0 Å². The maximum atomic E-state index is 5.92. The highest BCUT2D eigenvalue weighted by Crippen LogP contribution is 2.56. The number of ether oxygens (including phenoxy) is 1. The summed E-state index contributed by atoms with van der Waals surface area (Å²) in [4.78, 5) is 0. The number of rotatable bonds is 1. The van der Waals surface area contributed by atoms with E-state index in [4.69, 9.17) is 4.74 Å². The molecule has 0 radical (unpaired) electrons. The first-order valence-corrected chi connectivity index (χ1v) is 5.54. The van der Waals surface area contributed by atoms with E-state index >= 15 is 0 Å². The first kappa shape index (κ1) is 8.49. The predicted molar refractivity (Wildman–Crippen MR) is 56.0 cm³/mol. The van der Waals surface area contributed by atoms with Crippen LogP contribution in [0.4, 0.5) is 0 Å². The van der Waals surface area contributed by atoms with Crippen molar-refractivity contribution in [2.75, 3.05) is 0 Å². The van der Waals surface area contributed by atoms with Gasteiger partial charge in [-0.05, 0) is 30.7 Å².